The first-order chi connectivity index (χ1) is 13.1. The SMILES string of the molecule is OCc1cccc(-c2cn3cc(-c4ccc(F)c(CO)c4F)ccc3n2)c1. The second kappa shape index (κ2) is 6.90. The fourth-order valence-electron chi connectivity index (χ4n) is 3.08. The monoisotopic (exact) mass is 366 g/mol. The second-order valence-electron chi connectivity index (χ2n) is 6.21. The number of aromatic nitrogens is 2. The van der Waals surface area contributed by atoms with Gasteiger partial charge in [0.1, 0.15) is 17.3 Å². The summed E-state index contributed by atoms with van der Waals surface area (Å²) in [6.45, 7) is -0.757. The quantitative estimate of drug-likeness (QED) is 0.575. The molecule has 0 saturated heterocycles. The molecule has 0 saturated carbocycles. The lowest BCUT2D eigenvalue weighted by atomic mass is 10.0. The van der Waals surface area contributed by atoms with E-state index in [1.54, 1.807) is 22.7 Å². The zero-order chi connectivity index (χ0) is 19.0. The highest BCUT2D eigenvalue weighted by molar-refractivity contribution is 5.69. The number of nitrogens with zero attached hydrogens (tertiary/aromatic N) is 2. The van der Waals surface area contributed by atoms with E-state index in [4.69, 9.17) is 0 Å². The Hall–Kier alpha value is -3.09. The summed E-state index contributed by atoms with van der Waals surface area (Å²) in [5.74, 6) is -1.54. The molecule has 0 bridgehead atoms. The molecule has 2 aromatic carbocycles. The molecule has 6 heteroatoms. The van der Waals surface area contributed by atoms with Crippen LogP contribution in [0.2, 0.25) is 0 Å². The first-order valence-electron chi connectivity index (χ1n) is 8.37. The summed E-state index contributed by atoms with van der Waals surface area (Å²) >= 11 is 0. The van der Waals surface area contributed by atoms with Gasteiger partial charge in [-0.1, -0.05) is 18.2 Å². The number of hydrogen-bond acceptors (Lipinski definition) is 3. The molecule has 0 amide bonds. The third-order valence-electron chi connectivity index (χ3n) is 4.51. The number of aliphatic hydroxyl groups is 2. The summed E-state index contributed by atoms with van der Waals surface area (Å²) in [5.41, 5.74) is 3.45. The topological polar surface area (TPSA) is 57.8 Å². The molecule has 0 aliphatic heterocycles. The first kappa shape index (κ1) is 17.3. The largest absolute Gasteiger partial charge is 0.392 e. The number of benzene rings is 2. The van der Waals surface area contributed by atoms with Gasteiger partial charge in [-0.25, -0.2) is 13.8 Å². The summed E-state index contributed by atoms with van der Waals surface area (Å²) < 4.78 is 29.9. The van der Waals surface area contributed by atoms with E-state index >= 15 is 0 Å². The van der Waals surface area contributed by atoms with Gasteiger partial charge in [-0.3, -0.25) is 0 Å². The van der Waals surface area contributed by atoms with E-state index in [0.717, 1.165) is 22.9 Å². The van der Waals surface area contributed by atoms with Crippen LogP contribution < -0.4 is 0 Å². The zero-order valence-electron chi connectivity index (χ0n) is 14.2. The third kappa shape index (κ3) is 3.09. The Labute approximate surface area is 154 Å². The van der Waals surface area contributed by atoms with Crippen LogP contribution in [0.1, 0.15) is 11.1 Å². The van der Waals surface area contributed by atoms with Crippen molar-refractivity contribution in [1.29, 1.82) is 0 Å². The van der Waals surface area contributed by atoms with Crippen molar-refractivity contribution in [1.82, 2.24) is 9.38 Å². The van der Waals surface area contributed by atoms with Crippen LogP contribution in [0.4, 0.5) is 8.78 Å². The van der Waals surface area contributed by atoms with E-state index in [2.05, 4.69) is 4.98 Å². The van der Waals surface area contributed by atoms with Crippen LogP contribution in [0.15, 0.2) is 60.9 Å². The maximum atomic E-state index is 14.5. The molecule has 0 radical (unpaired) electrons. The lowest BCUT2D eigenvalue weighted by Crippen LogP contribution is -1.98. The average molecular weight is 366 g/mol. The van der Waals surface area contributed by atoms with Crippen LogP contribution in [0, 0.1) is 11.6 Å². The first-order valence-corrected chi connectivity index (χ1v) is 8.37. The maximum Gasteiger partial charge on any atom is 0.139 e. The number of rotatable bonds is 4. The Kier molecular flexibility index (Phi) is 4.43. The third-order valence-corrected chi connectivity index (χ3v) is 4.51. The molecule has 0 aliphatic carbocycles. The molecule has 136 valence electrons. The molecule has 4 aromatic rings. The van der Waals surface area contributed by atoms with Crippen molar-refractivity contribution in [3.8, 4) is 22.4 Å². The van der Waals surface area contributed by atoms with Gasteiger partial charge in [-0.15, -0.1) is 0 Å². The summed E-state index contributed by atoms with van der Waals surface area (Å²) in [5, 5.41) is 18.5. The molecule has 0 spiro atoms. The lowest BCUT2D eigenvalue weighted by Gasteiger charge is -2.08. The zero-order valence-corrected chi connectivity index (χ0v) is 14.2. The fourth-order valence-corrected chi connectivity index (χ4v) is 3.08. The van der Waals surface area contributed by atoms with Gasteiger partial charge in [0.25, 0.3) is 0 Å². The second-order valence-corrected chi connectivity index (χ2v) is 6.21. The summed E-state index contributed by atoms with van der Waals surface area (Å²) in [6.07, 6.45) is 3.52. The van der Waals surface area contributed by atoms with Gasteiger partial charge in [0, 0.05) is 34.6 Å². The molecule has 0 aliphatic rings. The summed E-state index contributed by atoms with van der Waals surface area (Å²) in [4.78, 5) is 4.55. The lowest BCUT2D eigenvalue weighted by molar-refractivity contribution is 0.269. The maximum absolute atomic E-state index is 14.5. The van der Waals surface area contributed by atoms with E-state index in [-0.39, 0.29) is 17.7 Å². The minimum absolute atomic E-state index is 0.0532. The van der Waals surface area contributed by atoms with Crippen molar-refractivity contribution in [2.45, 2.75) is 13.2 Å². The van der Waals surface area contributed by atoms with Gasteiger partial charge in [0.05, 0.1) is 18.9 Å². The summed E-state index contributed by atoms with van der Waals surface area (Å²) in [6, 6.07) is 13.4. The van der Waals surface area contributed by atoms with E-state index in [9.17, 15) is 19.0 Å². The number of imidazole rings is 1. The Balaban J connectivity index is 1.80. The van der Waals surface area contributed by atoms with Crippen LogP contribution in [-0.4, -0.2) is 19.6 Å². The molecule has 2 heterocycles. The van der Waals surface area contributed by atoms with Crippen LogP contribution in [0.25, 0.3) is 28.0 Å². The van der Waals surface area contributed by atoms with Gasteiger partial charge < -0.3 is 14.6 Å². The molecule has 2 N–H and O–H groups in total. The van der Waals surface area contributed by atoms with Gasteiger partial charge in [-0.05, 0) is 35.9 Å². The van der Waals surface area contributed by atoms with Crippen molar-refractivity contribution < 1.29 is 19.0 Å². The normalized spacial score (nSPS) is 11.3. The van der Waals surface area contributed by atoms with E-state index in [0.29, 0.717) is 11.2 Å². The fraction of sp³-hybridized carbons (Fsp3) is 0.0952. The van der Waals surface area contributed by atoms with Crippen molar-refractivity contribution in [2.24, 2.45) is 0 Å². The molecular weight excluding hydrogens is 350 g/mol. The van der Waals surface area contributed by atoms with Gasteiger partial charge in [0.15, 0.2) is 0 Å². The smallest absolute Gasteiger partial charge is 0.139 e. The van der Waals surface area contributed by atoms with Crippen molar-refractivity contribution in [2.75, 3.05) is 0 Å². The number of hydrogen-bond donors (Lipinski definition) is 2. The number of fused-ring (bicyclic) bond motifs is 1. The number of halogens is 2. The van der Waals surface area contributed by atoms with Crippen LogP contribution in [-0.2, 0) is 13.2 Å². The number of pyridine rings is 1. The Morgan fingerprint density at radius 1 is 0.889 bits per heavy atom. The minimum Gasteiger partial charge on any atom is -0.392 e. The van der Waals surface area contributed by atoms with E-state index < -0.39 is 18.2 Å². The minimum atomic E-state index is -0.771. The molecular formula is C21H16F2N2O2. The molecule has 0 unspecified atom stereocenters. The highest BCUT2D eigenvalue weighted by Crippen LogP contribution is 2.28. The van der Waals surface area contributed by atoms with E-state index in [1.165, 1.54) is 6.07 Å². The van der Waals surface area contributed by atoms with Crippen molar-refractivity contribution >= 4 is 5.65 Å². The Morgan fingerprint density at radius 3 is 2.52 bits per heavy atom. The molecule has 0 atom stereocenters. The Morgan fingerprint density at radius 2 is 1.74 bits per heavy atom. The Bertz CT molecular complexity index is 1140. The highest BCUT2D eigenvalue weighted by atomic mass is 19.1. The summed E-state index contributed by atoms with van der Waals surface area (Å²) in [7, 11) is 0. The van der Waals surface area contributed by atoms with Gasteiger partial charge in [0.2, 0.25) is 0 Å². The number of aliphatic hydroxyl groups excluding tert-OH is 2. The molecule has 2 aromatic heterocycles. The van der Waals surface area contributed by atoms with Crippen LogP contribution in [0.5, 0.6) is 0 Å². The van der Waals surface area contributed by atoms with Crippen LogP contribution >= 0.6 is 0 Å². The molecule has 27 heavy (non-hydrogen) atoms. The van der Waals surface area contributed by atoms with Crippen molar-refractivity contribution in [3.05, 3.63) is 83.7 Å². The molecule has 0 fully saturated rings. The predicted molar refractivity (Wildman–Crippen MR) is 97.8 cm³/mol. The molecule has 4 nitrogen and oxygen atoms in total. The van der Waals surface area contributed by atoms with Gasteiger partial charge >= 0.3 is 0 Å². The molecule has 4 rings (SSSR count). The average Bonchev–Trinajstić information content (AvgIpc) is 3.12. The predicted octanol–water partition coefficient (Wildman–Crippen LogP) is 3.93. The van der Waals surface area contributed by atoms with Crippen LogP contribution in [0.3, 0.4) is 0 Å². The van der Waals surface area contributed by atoms with Crippen molar-refractivity contribution in [3.63, 3.8) is 0 Å². The standard InChI is InChI=1S/C21H16F2N2O2/c22-18-6-5-16(21(23)17(18)12-27)15-4-7-20-24-19(10-25(20)9-15)14-3-1-2-13(8-14)11-26/h1-10,26-27H,11-12H2. The highest BCUT2D eigenvalue weighted by Gasteiger charge is 2.15. The van der Waals surface area contributed by atoms with Gasteiger partial charge in [-0.2, -0.15) is 0 Å². The van der Waals surface area contributed by atoms with E-state index in [1.807, 2.05) is 30.5 Å².